The van der Waals surface area contributed by atoms with Gasteiger partial charge in [0.15, 0.2) is 11.5 Å². The Labute approximate surface area is 141 Å². The summed E-state index contributed by atoms with van der Waals surface area (Å²) in [6.45, 7) is 0. The lowest BCUT2D eigenvalue weighted by molar-refractivity contribution is 0.403. The fraction of sp³-hybridized carbons (Fsp3) is 0.200. The summed E-state index contributed by atoms with van der Waals surface area (Å²) in [5, 5.41) is 37.6. The molecule has 0 bridgehead atoms. The van der Waals surface area contributed by atoms with Gasteiger partial charge in [0.2, 0.25) is 10.6 Å². The highest BCUT2D eigenvalue weighted by Gasteiger charge is 2.23. The predicted molar refractivity (Wildman–Crippen MR) is 89.8 cm³/mol. The molecule has 122 valence electrons. The molecule has 1 aliphatic carbocycles. The van der Waals surface area contributed by atoms with Gasteiger partial charge >= 0.3 is 0 Å². The molecule has 0 saturated heterocycles. The molecule has 0 unspecified atom stereocenters. The van der Waals surface area contributed by atoms with Gasteiger partial charge in [0.05, 0.1) is 6.21 Å². The number of H-pyrrole nitrogens is 2. The third kappa shape index (κ3) is 2.38. The van der Waals surface area contributed by atoms with Crippen molar-refractivity contribution >= 4 is 18.4 Å². The molecule has 0 aliphatic heterocycles. The molecule has 9 heteroatoms. The van der Waals surface area contributed by atoms with Crippen LogP contribution in [-0.2, 0) is 12.8 Å². The lowest BCUT2D eigenvalue weighted by atomic mass is 10.2. The van der Waals surface area contributed by atoms with Crippen molar-refractivity contribution < 1.29 is 10.2 Å². The Bertz CT molecular complexity index is 1000. The van der Waals surface area contributed by atoms with Crippen LogP contribution in [0.3, 0.4) is 0 Å². The Morgan fingerprint density at radius 3 is 2.88 bits per heavy atom. The van der Waals surface area contributed by atoms with Gasteiger partial charge in [0.25, 0.3) is 0 Å². The zero-order valence-electron chi connectivity index (χ0n) is 12.5. The van der Waals surface area contributed by atoms with E-state index in [1.807, 2.05) is 0 Å². The first kappa shape index (κ1) is 14.6. The lowest BCUT2D eigenvalue weighted by Crippen LogP contribution is -1.97. The minimum atomic E-state index is -0.208. The van der Waals surface area contributed by atoms with Crippen LogP contribution in [-0.4, -0.2) is 41.5 Å². The second-order valence-electron chi connectivity index (χ2n) is 5.54. The molecule has 2 heterocycles. The first-order chi connectivity index (χ1) is 11.6. The Morgan fingerprint density at radius 2 is 2.04 bits per heavy atom. The molecule has 0 amide bonds. The number of fused-ring (bicyclic) bond motifs is 1. The van der Waals surface area contributed by atoms with Gasteiger partial charge in [-0.15, -0.1) is 0 Å². The standard InChI is InChI=1S/C15H14N6O2S/c22-11-5-4-8(6-12(11)23)7-16-21-14(19-20-15(21)24)13-9-2-1-3-10(9)17-18-13/h4-7,22-23H,1-3H2,(H,17,18)(H,20,24)/b16-7+. The highest BCUT2D eigenvalue weighted by atomic mass is 32.1. The average Bonchev–Trinajstić information content (AvgIpc) is 3.25. The molecule has 0 saturated carbocycles. The number of hydrogen-bond acceptors (Lipinski definition) is 6. The van der Waals surface area contributed by atoms with Crippen molar-refractivity contribution in [2.24, 2.45) is 5.10 Å². The zero-order valence-corrected chi connectivity index (χ0v) is 13.3. The van der Waals surface area contributed by atoms with E-state index in [1.165, 1.54) is 23.0 Å². The zero-order chi connectivity index (χ0) is 16.7. The number of aromatic hydroxyl groups is 2. The van der Waals surface area contributed by atoms with E-state index in [9.17, 15) is 10.2 Å². The average molecular weight is 342 g/mol. The number of hydrogen-bond donors (Lipinski definition) is 4. The van der Waals surface area contributed by atoms with Crippen LogP contribution in [0.25, 0.3) is 11.5 Å². The number of phenolic OH excluding ortho intramolecular Hbond substituents is 2. The van der Waals surface area contributed by atoms with Crippen LogP contribution in [0.1, 0.15) is 23.2 Å². The first-order valence-corrected chi connectivity index (χ1v) is 7.84. The molecule has 0 spiro atoms. The fourth-order valence-electron chi connectivity index (χ4n) is 2.80. The van der Waals surface area contributed by atoms with E-state index < -0.39 is 0 Å². The van der Waals surface area contributed by atoms with Crippen LogP contribution in [0, 0.1) is 4.77 Å². The summed E-state index contributed by atoms with van der Waals surface area (Å²) in [6.07, 6.45) is 4.57. The van der Waals surface area contributed by atoms with Gasteiger partial charge in [-0.2, -0.15) is 20.0 Å². The van der Waals surface area contributed by atoms with Crippen LogP contribution in [0.4, 0.5) is 0 Å². The van der Waals surface area contributed by atoms with Gasteiger partial charge < -0.3 is 10.2 Å². The van der Waals surface area contributed by atoms with Gasteiger partial charge in [-0.05, 0) is 55.2 Å². The molecule has 24 heavy (non-hydrogen) atoms. The maximum Gasteiger partial charge on any atom is 0.216 e. The third-order valence-corrected chi connectivity index (χ3v) is 4.25. The summed E-state index contributed by atoms with van der Waals surface area (Å²) in [5.41, 5.74) is 3.66. The highest BCUT2D eigenvalue weighted by molar-refractivity contribution is 7.71. The van der Waals surface area contributed by atoms with E-state index in [4.69, 9.17) is 12.2 Å². The van der Waals surface area contributed by atoms with Crippen molar-refractivity contribution in [3.63, 3.8) is 0 Å². The van der Waals surface area contributed by atoms with E-state index in [0.717, 1.165) is 36.2 Å². The number of aryl methyl sites for hydroxylation is 1. The van der Waals surface area contributed by atoms with Crippen LogP contribution < -0.4 is 0 Å². The van der Waals surface area contributed by atoms with E-state index in [0.29, 0.717) is 16.2 Å². The molecule has 0 fully saturated rings. The minimum absolute atomic E-state index is 0.181. The molecule has 0 radical (unpaired) electrons. The molecule has 1 aromatic carbocycles. The van der Waals surface area contributed by atoms with Crippen LogP contribution >= 0.6 is 12.2 Å². The van der Waals surface area contributed by atoms with Gasteiger partial charge in [0, 0.05) is 11.3 Å². The van der Waals surface area contributed by atoms with E-state index in [1.54, 1.807) is 6.07 Å². The maximum absolute atomic E-state index is 9.55. The third-order valence-electron chi connectivity index (χ3n) is 3.99. The van der Waals surface area contributed by atoms with Gasteiger partial charge in [0.1, 0.15) is 5.69 Å². The minimum Gasteiger partial charge on any atom is -0.504 e. The molecule has 4 rings (SSSR count). The highest BCUT2D eigenvalue weighted by Crippen LogP contribution is 2.29. The van der Waals surface area contributed by atoms with Gasteiger partial charge in [-0.25, -0.2) is 5.10 Å². The fourth-order valence-corrected chi connectivity index (χ4v) is 2.98. The Kier molecular flexibility index (Phi) is 3.42. The molecular weight excluding hydrogens is 328 g/mol. The smallest absolute Gasteiger partial charge is 0.216 e. The second kappa shape index (κ2) is 5.60. The van der Waals surface area contributed by atoms with E-state index in [-0.39, 0.29) is 11.5 Å². The summed E-state index contributed by atoms with van der Waals surface area (Å²) in [6, 6.07) is 4.44. The summed E-state index contributed by atoms with van der Waals surface area (Å²) >= 11 is 5.24. The molecule has 0 atom stereocenters. The normalized spacial score (nSPS) is 13.7. The first-order valence-electron chi connectivity index (χ1n) is 7.43. The van der Waals surface area contributed by atoms with E-state index >= 15 is 0 Å². The van der Waals surface area contributed by atoms with Crippen molar-refractivity contribution in [2.45, 2.75) is 19.3 Å². The topological polar surface area (TPSA) is 115 Å². The molecular formula is C15H14N6O2S. The predicted octanol–water partition coefficient (Wildman–Crippen LogP) is 2.11. The summed E-state index contributed by atoms with van der Waals surface area (Å²) in [4.78, 5) is 0. The second-order valence-corrected chi connectivity index (χ2v) is 5.93. The number of rotatable bonds is 3. The van der Waals surface area contributed by atoms with Crippen molar-refractivity contribution in [3.05, 3.63) is 39.8 Å². The Morgan fingerprint density at radius 1 is 1.17 bits per heavy atom. The number of phenols is 2. The number of aromatic nitrogens is 5. The summed E-state index contributed by atoms with van der Waals surface area (Å²) < 4.78 is 1.84. The number of benzene rings is 1. The maximum atomic E-state index is 9.55. The molecule has 3 aromatic rings. The van der Waals surface area contributed by atoms with Gasteiger partial charge in [-0.3, -0.25) is 5.10 Å². The lowest BCUT2D eigenvalue weighted by Gasteiger charge is -2.01. The van der Waals surface area contributed by atoms with Crippen molar-refractivity contribution in [1.29, 1.82) is 0 Å². The number of nitrogens with zero attached hydrogens (tertiary/aromatic N) is 4. The molecule has 8 nitrogen and oxygen atoms in total. The van der Waals surface area contributed by atoms with E-state index in [2.05, 4.69) is 25.5 Å². The quantitative estimate of drug-likeness (QED) is 0.331. The Hall–Kier alpha value is -2.94. The molecule has 1 aliphatic rings. The summed E-state index contributed by atoms with van der Waals surface area (Å²) in [7, 11) is 0. The number of nitrogens with one attached hydrogen (secondary N) is 2. The SMILES string of the molecule is Oc1ccc(/C=N/n2c(-c3n[nH]c4c3CCC4)n[nH]c2=S)cc1O. The largest absolute Gasteiger partial charge is 0.504 e. The van der Waals surface area contributed by atoms with Crippen molar-refractivity contribution in [3.8, 4) is 23.0 Å². The van der Waals surface area contributed by atoms with Crippen molar-refractivity contribution in [2.75, 3.05) is 0 Å². The Balaban J connectivity index is 1.73. The van der Waals surface area contributed by atoms with Crippen LogP contribution in [0.15, 0.2) is 23.3 Å². The summed E-state index contributed by atoms with van der Waals surface area (Å²) in [5.74, 6) is 0.151. The van der Waals surface area contributed by atoms with Gasteiger partial charge in [-0.1, -0.05) is 0 Å². The van der Waals surface area contributed by atoms with Crippen molar-refractivity contribution in [1.82, 2.24) is 25.1 Å². The molecule has 4 N–H and O–H groups in total. The molecule has 2 aromatic heterocycles. The van der Waals surface area contributed by atoms with Crippen LogP contribution in [0.2, 0.25) is 0 Å². The number of aromatic amines is 2. The monoisotopic (exact) mass is 342 g/mol. The van der Waals surface area contributed by atoms with Crippen LogP contribution in [0.5, 0.6) is 11.5 Å².